The van der Waals surface area contributed by atoms with Crippen molar-refractivity contribution in [2.24, 2.45) is 5.73 Å². The van der Waals surface area contributed by atoms with Crippen molar-refractivity contribution in [3.63, 3.8) is 0 Å². The normalized spacial score (nSPS) is 16.1. The average Bonchev–Trinajstić information content (AvgIpc) is 2.91. The Morgan fingerprint density at radius 3 is 2.88 bits per heavy atom. The lowest BCUT2D eigenvalue weighted by molar-refractivity contribution is 0.0729. The van der Waals surface area contributed by atoms with Gasteiger partial charge in [-0.2, -0.15) is 0 Å². The fourth-order valence-electron chi connectivity index (χ4n) is 2.36. The topological polar surface area (TPSA) is 59.2 Å². The van der Waals surface area contributed by atoms with Gasteiger partial charge in [0.25, 0.3) is 5.91 Å². The highest BCUT2D eigenvalue weighted by Crippen LogP contribution is 2.23. The Labute approximate surface area is 102 Å². The monoisotopic (exact) mass is 233 g/mol. The third-order valence-electron chi connectivity index (χ3n) is 3.47. The molecule has 4 nitrogen and oxygen atoms in total. The molecule has 0 saturated heterocycles. The quantitative estimate of drug-likeness (QED) is 0.861. The smallest absolute Gasteiger partial charge is 0.272 e. The van der Waals surface area contributed by atoms with E-state index >= 15 is 0 Å². The van der Waals surface area contributed by atoms with Crippen molar-refractivity contribution in [2.75, 3.05) is 7.05 Å². The summed E-state index contributed by atoms with van der Waals surface area (Å²) in [5, 5.41) is 0. The van der Waals surface area contributed by atoms with E-state index in [2.05, 4.69) is 4.98 Å². The van der Waals surface area contributed by atoms with Crippen molar-refractivity contribution < 1.29 is 4.79 Å². The van der Waals surface area contributed by atoms with Crippen LogP contribution >= 0.6 is 0 Å². The Kier molecular flexibility index (Phi) is 3.74. The van der Waals surface area contributed by atoms with Crippen LogP contribution in [0.3, 0.4) is 0 Å². The molecule has 2 N–H and O–H groups in total. The van der Waals surface area contributed by atoms with E-state index in [0.717, 1.165) is 18.4 Å². The Bertz CT molecular complexity index is 399. The van der Waals surface area contributed by atoms with Crippen LogP contribution in [0, 0.1) is 0 Å². The van der Waals surface area contributed by atoms with Crippen LogP contribution in [0.15, 0.2) is 18.3 Å². The van der Waals surface area contributed by atoms with E-state index in [9.17, 15) is 4.79 Å². The standard InChI is InChI=1S/C13H19N3O/c1-16(11-4-2-3-5-11)13(17)12-8-10(9-14)6-7-15-12/h6-8,11H,2-5,9,14H2,1H3. The van der Waals surface area contributed by atoms with Gasteiger partial charge in [-0.1, -0.05) is 12.8 Å². The summed E-state index contributed by atoms with van der Waals surface area (Å²) in [6.45, 7) is 0.440. The minimum absolute atomic E-state index is 0.00667. The Balaban J connectivity index is 2.12. The molecule has 0 spiro atoms. The molecule has 1 heterocycles. The third kappa shape index (κ3) is 2.64. The summed E-state index contributed by atoms with van der Waals surface area (Å²) < 4.78 is 0. The lowest BCUT2D eigenvalue weighted by Crippen LogP contribution is -2.35. The molecule has 17 heavy (non-hydrogen) atoms. The summed E-state index contributed by atoms with van der Waals surface area (Å²) in [6.07, 6.45) is 6.31. The highest BCUT2D eigenvalue weighted by Gasteiger charge is 2.24. The molecule has 1 aromatic heterocycles. The molecule has 0 aliphatic heterocycles. The summed E-state index contributed by atoms with van der Waals surface area (Å²) in [4.78, 5) is 18.2. The van der Waals surface area contributed by atoms with E-state index in [4.69, 9.17) is 5.73 Å². The molecule has 0 bridgehead atoms. The number of pyridine rings is 1. The van der Waals surface area contributed by atoms with Crippen molar-refractivity contribution in [3.05, 3.63) is 29.6 Å². The maximum absolute atomic E-state index is 12.2. The van der Waals surface area contributed by atoms with E-state index < -0.39 is 0 Å². The maximum Gasteiger partial charge on any atom is 0.272 e. The molecule has 2 rings (SSSR count). The van der Waals surface area contributed by atoms with Gasteiger partial charge in [-0.05, 0) is 30.5 Å². The van der Waals surface area contributed by atoms with E-state index in [1.807, 2.05) is 18.0 Å². The Morgan fingerprint density at radius 1 is 1.53 bits per heavy atom. The van der Waals surface area contributed by atoms with Gasteiger partial charge >= 0.3 is 0 Å². The third-order valence-corrected chi connectivity index (χ3v) is 3.47. The SMILES string of the molecule is CN(C(=O)c1cc(CN)ccn1)C1CCCC1. The predicted octanol–water partition coefficient (Wildman–Crippen LogP) is 1.55. The number of aromatic nitrogens is 1. The molecule has 4 heteroatoms. The lowest BCUT2D eigenvalue weighted by Gasteiger charge is -2.23. The molecule has 0 aromatic carbocycles. The highest BCUT2D eigenvalue weighted by atomic mass is 16.2. The van der Waals surface area contributed by atoms with Crippen molar-refractivity contribution in [2.45, 2.75) is 38.3 Å². The second-order valence-corrected chi connectivity index (χ2v) is 4.61. The van der Waals surface area contributed by atoms with Crippen LogP contribution in [0.2, 0.25) is 0 Å². The molecule has 1 aliphatic rings. The zero-order chi connectivity index (χ0) is 12.3. The minimum Gasteiger partial charge on any atom is -0.337 e. The van der Waals surface area contributed by atoms with Crippen molar-refractivity contribution >= 4 is 5.91 Å². The zero-order valence-electron chi connectivity index (χ0n) is 10.2. The molecule has 0 radical (unpaired) electrons. The average molecular weight is 233 g/mol. The zero-order valence-corrected chi connectivity index (χ0v) is 10.2. The molecule has 1 fully saturated rings. The predicted molar refractivity (Wildman–Crippen MR) is 66.5 cm³/mol. The number of nitrogens with zero attached hydrogens (tertiary/aromatic N) is 2. The van der Waals surface area contributed by atoms with Crippen molar-refractivity contribution in [1.29, 1.82) is 0 Å². The summed E-state index contributed by atoms with van der Waals surface area (Å²) in [5.74, 6) is 0.00667. The van der Waals surface area contributed by atoms with Gasteiger partial charge in [0, 0.05) is 25.8 Å². The van der Waals surface area contributed by atoms with Crippen LogP contribution in [-0.4, -0.2) is 28.9 Å². The number of amides is 1. The largest absolute Gasteiger partial charge is 0.337 e. The van der Waals surface area contributed by atoms with Crippen LogP contribution in [-0.2, 0) is 6.54 Å². The first kappa shape index (κ1) is 12.0. The first-order valence-electron chi connectivity index (χ1n) is 6.14. The van der Waals surface area contributed by atoms with Crippen LogP contribution in [0.4, 0.5) is 0 Å². The summed E-state index contributed by atoms with van der Waals surface area (Å²) in [7, 11) is 1.87. The summed E-state index contributed by atoms with van der Waals surface area (Å²) in [5.41, 5.74) is 7.01. The van der Waals surface area contributed by atoms with Crippen LogP contribution in [0.25, 0.3) is 0 Å². The van der Waals surface area contributed by atoms with E-state index in [1.54, 1.807) is 12.3 Å². The van der Waals surface area contributed by atoms with Gasteiger partial charge in [0.1, 0.15) is 5.69 Å². The van der Waals surface area contributed by atoms with Gasteiger partial charge < -0.3 is 10.6 Å². The van der Waals surface area contributed by atoms with E-state index in [1.165, 1.54) is 12.8 Å². The number of hydrogen-bond acceptors (Lipinski definition) is 3. The molecule has 0 atom stereocenters. The molecule has 1 aliphatic carbocycles. The van der Waals surface area contributed by atoms with E-state index in [-0.39, 0.29) is 5.91 Å². The lowest BCUT2D eigenvalue weighted by atomic mass is 10.2. The van der Waals surface area contributed by atoms with Gasteiger partial charge in [-0.15, -0.1) is 0 Å². The van der Waals surface area contributed by atoms with E-state index in [0.29, 0.717) is 18.3 Å². The number of hydrogen-bond donors (Lipinski definition) is 1. The van der Waals surface area contributed by atoms with Gasteiger partial charge in [-0.25, -0.2) is 0 Å². The van der Waals surface area contributed by atoms with Crippen LogP contribution in [0.1, 0.15) is 41.7 Å². The molecular formula is C13H19N3O. The molecular weight excluding hydrogens is 214 g/mol. The van der Waals surface area contributed by atoms with Crippen LogP contribution < -0.4 is 5.73 Å². The summed E-state index contributed by atoms with van der Waals surface area (Å²) >= 11 is 0. The number of carbonyl (C=O) groups is 1. The van der Waals surface area contributed by atoms with Gasteiger partial charge in [-0.3, -0.25) is 9.78 Å². The van der Waals surface area contributed by atoms with Gasteiger partial charge in [0.15, 0.2) is 0 Å². The minimum atomic E-state index is 0.00667. The first-order chi connectivity index (χ1) is 8.22. The van der Waals surface area contributed by atoms with Gasteiger partial charge in [0.05, 0.1) is 0 Å². The fourth-order valence-corrected chi connectivity index (χ4v) is 2.36. The Hall–Kier alpha value is -1.42. The molecule has 1 amide bonds. The second kappa shape index (κ2) is 5.27. The number of rotatable bonds is 3. The fraction of sp³-hybridized carbons (Fsp3) is 0.538. The van der Waals surface area contributed by atoms with Crippen LogP contribution in [0.5, 0.6) is 0 Å². The number of carbonyl (C=O) groups excluding carboxylic acids is 1. The summed E-state index contributed by atoms with van der Waals surface area (Å²) in [6, 6.07) is 4.01. The highest BCUT2D eigenvalue weighted by molar-refractivity contribution is 5.92. The maximum atomic E-state index is 12.2. The number of nitrogens with two attached hydrogens (primary N) is 1. The van der Waals surface area contributed by atoms with Gasteiger partial charge in [0.2, 0.25) is 0 Å². The Morgan fingerprint density at radius 2 is 2.24 bits per heavy atom. The van der Waals surface area contributed by atoms with Crippen molar-refractivity contribution in [1.82, 2.24) is 9.88 Å². The molecule has 0 unspecified atom stereocenters. The molecule has 92 valence electrons. The van der Waals surface area contributed by atoms with Crippen molar-refractivity contribution in [3.8, 4) is 0 Å². The molecule has 1 saturated carbocycles. The molecule has 1 aromatic rings. The second-order valence-electron chi connectivity index (χ2n) is 4.61. The first-order valence-corrected chi connectivity index (χ1v) is 6.14.